The first-order chi connectivity index (χ1) is 28.9. The number of alkyl carbamates (subject to hydrolysis) is 2. The number of rotatable bonds is 14. The van der Waals surface area contributed by atoms with Gasteiger partial charge in [0.25, 0.3) is 0 Å². The fourth-order valence-corrected chi connectivity index (χ4v) is 7.52. The van der Waals surface area contributed by atoms with Gasteiger partial charge in [0.2, 0.25) is 11.8 Å². The number of carbonyl (C=O) groups excluding carboxylic acids is 4. The van der Waals surface area contributed by atoms with Gasteiger partial charge in [-0.05, 0) is 63.7 Å². The highest BCUT2D eigenvalue weighted by Crippen LogP contribution is 2.42. The summed E-state index contributed by atoms with van der Waals surface area (Å²) in [5, 5.41) is 7.08. The molecule has 0 radical (unpaired) electrons. The molecule has 0 fully saturated rings. The SMILES string of the molecule is COC(=O)NCC(=O)N(Cc1ncc(-c2ccc3c(c2)COc2cc4c(ccc5[nH]c(CN(CC(C)C)C(=O)[C@H](NC(=O)OC)c6ccccc6)nc54)cc2-3)[nH]1)CC(C)C. The maximum Gasteiger partial charge on any atom is 0.407 e. The summed E-state index contributed by atoms with van der Waals surface area (Å²) in [7, 11) is 2.53. The predicted octanol–water partition coefficient (Wildman–Crippen LogP) is 7.09. The molecule has 312 valence electrons. The van der Waals surface area contributed by atoms with Gasteiger partial charge in [0.1, 0.15) is 36.6 Å². The van der Waals surface area contributed by atoms with Crippen LogP contribution in [0.15, 0.2) is 79.0 Å². The molecule has 60 heavy (non-hydrogen) atoms. The number of nitrogens with zero attached hydrogens (tertiary/aromatic N) is 4. The lowest BCUT2D eigenvalue weighted by molar-refractivity contribution is -0.135. The lowest BCUT2D eigenvalue weighted by atomic mass is 9.92. The van der Waals surface area contributed by atoms with E-state index in [1.54, 1.807) is 28.1 Å². The van der Waals surface area contributed by atoms with Gasteiger partial charge in [-0.1, -0.05) is 76.2 Å². The zero-order chi connectivity index (χ0) is 42.5. The molecule has 15 nitrogen and oxygen atoms in total. The molecule has 1 aliphatic rings. The molecule has 0 spiro atoms. The van der Waals surface area contributed by atoms with Crippen LogP contribution in [0.25, 0.3) is 44.2 Å². The number of carbonyl (C=O) groups is 4. The van der Waals surface area contributed by atoms with Crippen molar-refractivity contribution in [3.63, 3.8) is 0 Å². The summed E-state index contributed by atoms with van der Waals surface area (Å²) >= 11 is 0. The average Bonchev–Trinajstić information content (AvgIpc) is 3.90. The Hall–Kier alpha value is -6.90. The van der Waals surface area contributed by atoms with E-state index in [1.807, 2.05) is 64.1 Å². The Bertz CT molecular complexity index is 2530. The number of hydrogen-bond donors (Lipinski definition) is 4. The third-order valence-corrected chi connectivity index (χ3v) is 10.2. The van der Waals surface area contributed by atoms with Crippen molar-refractivity contribution < 1.29 is 33.4 Å². The highest BCUT2D eigenvalue weighted by atomic mass is 16.5. The van der Waals surface area contributed by atoms with Gasteiger partial charge in [0.15, 0.2) is 0 Å². The van der Waals surface area contributed by atoms with Crippen LogP contribution < -0.4 is 15.4 Å². The van der Waals surface area contributed by atoms with Gasteiger partial charge in [-0.15, -0.1) is 0 Å². The molecule has 0 bridgehead atoms. The number of amides is 4. The van der Waals surface area contributed by atoms with Crippen molar-refractivity contribution in [3.8, 4) is 28.1 Å². The number of benzene rings is 4. The van der Waals surface area contributed by atoms with Crippen LogP contribution in [0.2, 0.25) is 0 Å². The van der Waals surface area contributed by atoms with Gasteiger partial charge in [-0.3, -0.25) is 9.59 Å². The highest BCUT2D eigenvalue weighted by molar-refractivity contribution is 6.07. The van der Waals surface area contributed by atoms with Crippen LogP contribution in [0.4, 0.5) is 9.59 Å². The molecule has 0 saturated heterocycles. The quantitative estimate of drug-likeness (QED) is 0.0892. The van der Waals surface area contributed by atoms with E-state index < -0.39 is 18.2 Å². The highest BCUT2D eigenvalue weighted by Gasteiger charge is 2.30. The van der Waals surface area contributed by atoms with Gasteiger partial charge >= 0.3 is 12.2 Å². The Morgan fingerprint density at radius 2 is 1.55 bits per heavy atom. The molecule has 3 heterocycles. The summed E-state index contributed by atoms with van der Waals surface area (Å²) in [5.41, 5.74) is 7.04. The van der Waals surface area contributed by atoms with Crippen molar-refractivity contribution in [1.82, 2.24) is 40.4 Å². The maximum atomic E-state index is 14.1. The fourth-order valence-electron chi connectivity index (χ4n) is 7.52. The van der Waals surface area contributed by atoms with Gasteiger partial charge in [0.05, 0.1) is 50.2 Å². The van der Waals surface area contributed by atoms with E-state index in [1.165, 1.54) is 14.2 Å². The van der Waals surface area contributed by atoms with Crippen molar-refractivity contribution >= 4 is 45.8 Å². The van der Waals surface area contributed by atoms with Crippen molar-refractivity contribution in [2.75, 3.05) is 33.9 Å². The Labute approximate surface area is 347 Å². The van der Waals surface area contributed by atoms with Crippen LogP contribution in [-0.4, -0.2) is 87.6 Å². The summed E-state index contributed by atoms with van der Waals surface area (Å²) in [5.74, 6) is 1.85. The topological polar surface area (TPSA) is 184 Å². The minimum Gasteiger partial charge on any atom is -0.488 e. The monoisotopic (exact) mass is 814 g/mol. The first-order valence-corrected chi connectivity index (χ1v) is 19.9. The Kier molecular flexibility index (Phi) is 12.3. The molecule has 0 saturated carbocycles. The van der Waals surface area contributed by atoms with E-state index in [0.717, 1.165) is 55.5 Å². The second-order valence-corrected chi connectivity index (χ2v) is 15.7. The number of imidazole rings is 2. The van der Waals surface area contributed by atoms with E-state index >= 15 is 0 Å². The normalized spacial score (nSPS) is 12.4. The predicted molar refractivity (Wildman–Crippen MR) is 227 cm³/mol. The first kappa shape index (κ1) is 41.3. The average molecular weight is 815 g/mol. The molecule has 1 aliphatic heterocycles. The second-order valence-electron chi connectivity index (χ2n) is 15.7. The zero-order valence-electron chi connectivity index (χ0n) is 34.6. The van der Waals surface area contributed by atoms with Crippen LogP contribution in [0.1, 0.15) is 56.5 Å². The Morgan fingerprint density at radius 3 is 2.28 bits per heavy atom. The summed E-state index contributed by atoms with van der Waals surface area (Å²) in [6.45, 7) is 9.73. The second kappa shape index (κ2) is 17.9. The molecule has 2 aromatic heterocycles. The minimum absolute atomic E-state index is 0.153. The van der Waals surface area contributed by atoms with Crippen LogP contribution in [-0.2, 0) is 38.8 Å². The maximum absolute atomic E-state index is 14.1. The summed E-state index contributed by atoms with van der Waals surface area (Å²) in [6, 6.07) is 22.6. The van der Waals surface area contributed by atoms with Crippen molar-refractivity contribution in [2.45, 2.75) is 53.4 Å². The molecular weight excluding hydrogens is 765 g/mol. The molecule has 6 aromatic rings. The van der Waals surface area contributed by atoms with Crippen LogP contribution in [0.5, 0.6) is 5.75 Å². The van der Waals surface area contributed by atoms with Gasteiger partial charge < -0.3 is 44.6 Å². The lowest BCUT2D eigenvalue weighted by Crippen LogP contribution is -2.44. The minimum atomic E-state index is -0.936. The Balaban J connectivity index is 1.12. The molecule has 4 N–H and O–H groups in total. The zero-order valence-corrected chi connectivity index (χ0v) is 34.6. The van der Waals surface area contributed by atoms with Crippen LogP contribution in [0, 0.1) is 11.8 Å². The number of nitrogens with one attached hydrogen (secondary N) is 4. The molecule has 0 unspecified atom stereocenters. The van der Waals surface area contributed by atoms with Crippen molar-refractivity contribution in [1.29, 1.82) is 0 Å². The van der Waals surface area contributed by atoms with Gasteiger partial charge in [0, 0.05) is 24.0 Å². The number of aromatic amines is 2. The van der Waals surface area contributed by atoms with E-state index in [2.05, 4.69) is 54.6 Å². The molecule has 4 amide bonds. The number of aromatic nitrogens is 4. The van der Waals surface area contributed by atoms with Gasteiger partial charge in [-0.25, -0.2) is 19.6 Å². The standard InChI is InChI=1S/C45H50N8O7/c1-26(2)21-52(40(54)20-47-44(56)58-5)23-38-46-19-36(49-38)30-12-14-32-31(16-30)25-60-37-18-33-29(17-34(32)37)13-15-35-42(33)50-39(48-35)24-53(22-27(3)4)43(55)41(51-45(57)59-6)28-10-8-7-9-11-28/h7-19,26-27,41H,20-25H2,1-6H3,(H,46,49)(H,47,56)(H,48,50)(H,51,57)/t41-/m1/s1. The molecule has 7 rings (SSSR count). The van der Waals surface area contributed by atoms with Gasteiger partial charge in [-0.2, -0.15) is 0 Å². The molecule has 15 heteroatoms. The first-order valence-electron chi connectivity index (χ1n) is 19.9. The van der Waals surface area contributed by atoms with Crippen molar-refractivity contribution in [3.05, 3.63) is 102 Å². The number of fused-ring (bicyclic) bond motifs is 6. The van der Waals surface area contributed by atoms with E-state index in [9.17, 15) is 19.2 Å². The largest absolute Gasteiger partial charge is 0.488 e. The smallest absolute Gasteiger partial charge is 0.407 e. The van der Waals surface area contributed by atoms with E-state index in [0.29, 0.717) is 36.9 Å². The number of ether oxygens (including phenoxy) is 3. The summed E-state index contributed by atoms with van der Waals surface area (Å²) < 4.78 is 15.8. The van der Waals surface area contributed by atoms with Crippen molar-refractivity contribution in [2.24, 2.45) is 11.8 Å². The van der Waals surface area contributed by atoms with Crippen LogP contribution in [0.3, 0.4) is 0 Å². The molecular formula is C45H50N8O7. The van der Waals surface area contributed by atoms with Crippen LogP contribution >= 0.6 is 0 Å². The molecule has 0 aliphatic carbocycles. The molecule has 1 atom stereocenters. The lowest BCUT2D eigenvalue weighted by Gasteiger charge is -2.28. The number of methoxy groups -OCH3 is 2. The van der Waals surface area contributed by atoms with E-state index in [-0.39, 0.29) is 43.3 Å². The Morgan fingerprint density at radius 1 is 0.817 bits per heavy atom. The van der Waals surface area contributed by atoms with E-state index in [4.69, 9.17) is 14.5 Å². The molecule has 4 aromatic carbocycles. The summed E-state index contributed by atoms with van der Waals surface area (Å²) in [4.78, 5) is 70.7. The third-order valence-electron chi connectivity index (χ3n) is 10.2. The number of H-pyrrole nitrogens is 2. The third kappa shape index (κ3) is 9.20. The summed E-state index contributed by atoms with van der Waals surface area (Å²) in [6.07, 6.45) is 0.405. The fraction of sp³-hybridized carbons (Fsp3) is 0.333. The number of hydrogen-bond acceptors (Lipinski definition) is 9.